The molecule has 0 saturated carbocycles. The summed E-state index contributed by atoms with van der Waals surface area (Å²) in [5.74, 6) is 0.629. The van der Waals surface area contributed by atoms with Gasteiger partial charge < -0.3 is 4.74 Å². The monoisotopic (exact) mass is 341 g/mol. The number of hydrogen-bond acceptors (Lipinski definition) is 5. The van der Waals surface area contributed by atoms with E-state index in [0.717, 1.165) is 45.9 Å². The molecular weight excluding hydrogens is 314 g/mol. The van der Waals surface area contributed by atoms with E-state index in [-0.39, 0.29) is 0 Å². The van der Waals surface area contributed by atoms with Crippen LogP contribution in [0.3, 0.4) is 0 Å². The van der Waals surface area contributed by atoms with Gasteiger partial charge in [0.1, 0.15) is 0 Å². The number of fused-ring (bicyclic) bond motifs is 1. The van der Waals surface area contributed by atoms with Gasteiger partial charge in [-0.3, -0.25) is 19.5 Å². The number of nitrogens with zero attached hydrogens (tertiary/aromatic N) is 5. The average molecular weight is 341 g/mol. The Morgan fingerprint density at radius 3 is 2.80 bits per heavy atom. The molecule has 0 aliphatic carbocycles. The summed E-state index contributed by atoms with van der Waals surface area (Å²) < 4.78 is 8.10. The van der Waals surface area contributed by atoms with Gasteiger partial charge >= 0.3 is 0 Å². The third-order valence-corrected chi connectivity index (χ3v) is 5.31. The molecule has 2 atom stereocenters. The average Bonchev–Trinajstić information content (AvgIpc) is 2.91. The van der Waals surface area contributed by atoms with E-state index >= 15 is 0 Å². The molecule has 2 saturated heterocycles. The molecule has 0 amide bonds. The molecule has 4 rings (SSSR count). The first kappa shape index (κ1) is 16.7. The number of aryl methyl sites for hydroxylation is 1. The quantitative estimate of drug-likeness (QED) is 0.844. The second kappa shape index (κ2) is 7.64. The first-order chi connectivity index (χ1) is 12.3. The number of piperidine rings is 1. The fraction of sp³-hybridized carbons (Fsp3) is 0.579. The number of pyridine rings is 1. The van der Waals surface area contributed by atoms with Gasteiger partial charge in [0, 0.05) is 69.8 Å². The van der Waals surface area contributed by atoms with Gasteiger partial charge in [0.05, 0.1) is 18.9 Å². The van der Waals surface area contributed by atoms with Crippen molar-refractivity contribution in [3.63, 3.8) is 0 Å². The maximum absolute atomic E-state index is 6.23. The molecule has 0 N–H and O–H groups in total. The van der Waals surface area contributed by atoms with Crippen molar-refractivity contribution in [2.75, 3.05) is 32.8 Å². The van der Waals surface area contributed by atoms with Crippen LogP contribution in [0, 0.1) is 5.92 Å². The molecule has 2 aromatic heterocycles. The fourth-order valence-electron chi connectivity index (χ4n) is 4.03. The minimum atomic E-state index is 0.351. The Morgan fingerprint density at radius 2 is 2.00 bits per heavy atom. The molecule has 4 heterocycles. The number of hydrogen-bond donors (Lipinski definition) is 0. The summed E-state index contributed by atoms with van der Waals surface area (Å²) in [4.78, 5) is 9.27. The van der Waals surface area contributed by atoms with Crippen molar-refractivity contribution >= 4 is 0 Å². The van der Waals surface area contributed by atoms with Gasteiger partial charge in [-0.15, -0.1) is 0 Å². The lowest BCUT2D eigenvalue weighted by molar-refractivity contribution is -0.0242. The molecule has 0 aromatic carbocycles. The van der Waals surface area contributed by atoms with Gasteiger partial charge in [0.15, 0.2) is 0 Å². The molecule has 6 nitrogen and oxygen atoms in total. The predicted octanol–water partition coefficient (Wildman–Crippen LogP) is 1.54. The SMILES string of the molecule is Cn1cc(CN2CC[C@@H]3CN(Cc4cccnc4)CCO[C@@H]3C2)cn1. The lowest BCUT2D eigenvalue weighted by atomic mass is 9.93. The summed E-state index contributed by atoms with van der Waals surface area (Å²) in [6, 6.07) is 4.18. The highest BCUT2D eigenvalue weighted by Crippen LogP contribution is 2.25. The zero-order chi connectivity index (χ0) is 17.1. The second-order valence-electron chi connectivity index (χ2n) is 7.31. The second-order valence-corrected chi connectivity index (χ2v) is 7.31. The van der Waals surface area contributed by atoms with E-state index in [4.69, 9.17) is 4.74 Å². The van der Waals surface area contributed by atoms with Gasteiger partial charge in [-0.1, -0.05) is 6.07 Å². The third kappa shape index (κ3) is 4.26. The molecule has 2 aromatic rings. The Bertz CT molecular complexity index is 673. The molecule has 0 radical (unpaired) electrons. The van der Waals surface area contributed by atoms with Crippen molar-refractivity contribution in [1.82, 2.24) is 24.6 Å². The lowest BCUT2D eigenvalue weighted by Gasteiger charge is -2.37. The van der Waals surface area contributed by atoms with Crippen molar-refractivity contribution in [3.05, 3.63) is 48.0 Å². The predicted molar refractivity (Wildman–Crippen MR) is 95.8 cm³/mol. The van der Waals surface area contributed by atoms with Crippen LogP contribution >= 0.6 is 0 Å². The summed E-state index contributed by atoms with van der Waals surface area (Å²) in [5.41, 5.74) is 2.57. The maximum atomic E-state index is 6.23. The molecular formula is C19H27N5O. The smallest absolute Gasteiger partial charge is 0.0743 e. The van der Waals surface area contributed by atoms with Crippen LogP contribution < -0.4 is 0 Å². The van der Waals surface area contributed by atoms with Gasteiger partial charge in [-0.25, -0.2) is 0 Å². The van der Waals surface area contributed by atoms with Gasteiger partial charge in [-0.05, 0) is 24.6 Å². The highest BCUT2D eigenvalue weighted by Gasteiger charge is 2.33. The van der Waals surface area contributed by atoms with Gasteiger partial charge in [0.2, 0.25) is 0 Å². The van der Waals surface area contributed by atoms with E-state index in [0.29, 0.717) is 12.0 Å². The van der Waals surface area contributed by atoms with Gasteiger partial charge in [0.25, 0.3) is 0 Å². The van der Waals surface area contributed by atoms with Crippen LogP contribution in [0.25, 0.3) is 0 Å². The molecule has 2 aliphatic rings. The minimum absolute atomic E-state index is 0.351. The molecule has 6 heteroatoms. The molecule has 2 aliphatic heterocycles. The van der Waals surface area contributed by atoms with E-state index in [9.17, 15) is 0 Å². The molecule has 0 spiro atoms. The zero-order valence-corrected chi connectivity index (χ0v) is 14.9. The Kier molecular flexibility index (Phi) is 5.10. The summed E-state index contributed by atoms with van der Waals surface area (Å²) in [7, 11) is 1.97. The minimum Gasteiger partial charge on any atom is -0.375 e. The topological polar surface area (TPSA) is 46.4 Å². The summed E-state index contributed by atoms with van der Waals surface area (Å²) >= 11 is 0. The standard InChI is InChI=1S/C19H27N5O/c1-22-11-17(10-21-22)13-23-6-4-18-14-24(7-8-25-19(18)15-23)12-16-3-2-5-20-9-16/h2-3,5,9-11,18-19H,4,6-8,12-15H2,1H3/t18-,19-/m1/s1. The van der Waals surface area contributed by atoms with E-state index in [1.165, 1.54) is 17.5 Å². The Morgan fingerprint density at radius 1 is 1.12 bits per heavy atom. The number of ether oxygens (including phenoxy) is 1. The van der Waals surface area contributed by atoms with Crippen molar-refractivity contribution < 1.29 is 4.74 Å². The summed E-state index contributed by atoms with van der Waals surface area (Å²) in [6.45, 7) is 7.06. The molecule has 134 valence electrons. The summed E-state index contributed by atoms with van der Waals surface area (Å²) in [5, 5.41) is 4.28. The number of likely N-dealkylation sites (tertiary alicyclic amines) is 1. The zero-order valence-electron chi connectivity index (χ0n) is 14.9. The molecule has 2 fully saturated rings. The Labute approximate surface area is 149 Å². The first-order valence-electron chi connectivity index (χ1n) is 9.19. The van der Waals surface area contributed by atoms with E-state index < -0.39 is 0 Å². The lowest BCUT2D eigenvalue weighted by Crippen LogP contribution is -2.46. The van der Waals surface area contributed by atoms with Crippen molar-refractivity contribution in [1.29, 1.82) is 0 Å². The van der Waals surface area contributed by atoms with Gasteiger partial charge in [-0.2, -0.15) is 5.10 Å². The highest BCUT2D eigenvalue weighted by molar-refractivity contribution is 5.08. The van der Waals surface area contributed by atoms with Crippen LogP contribution in [0.5, 0.6) is 0 Å². The first-order valence-corrected chi connectivity index (χ1v) is 9.19. The molecule has 0 unspecified atom stereocenters. The Balaban J connectivity index is 1.34. The van der Waals surface area contributed by atoms with Crippen LogP contribution in [0.2, 0.25) is 0 Å². The van der Waals surface area contributed by atoms with Crippen LogP contribution in [0.4, 0.5) is 0 Å². The third-order valence-electron chi connectivity index (χ3n) is 5.31. The maximum Gasteiger partial charge on any atom is 0.0743 e. The Hall–Kier alpha value is -1.76. The van der Waals surface area contributed by atoms with Crippen molar-refractivity contribution in [2.45, 2.75) is 25.6 Å². The van der Waals surface area contributed by atoms with Crippen LogP contribution in [-0.2, 0) is 24.9 Å². The van der Waals surface area contributed by atoms with Crippen molar-refractivity contribution in [3.8, 4) is 0 Å². The number of rotatable bonds is 4. The fourth-order valence-corrected chi connectivity index (χ4v) is 4.03. The molecule has 25 heavy (non-hydrogen) atoms. The normalized spacial score (nSPS) is 25.5. The van der Waals surface area contributed by atoms with E-state index in [2.05, 4.69) is 32.1 Å². The number of aromatic nitrogens is 3. The van der Waals surface area contributed by atoms with Crippen molar-refractivity contribution in [2.24, 2.45) is 13.0 Å². The van der Waals surface area contributed by atoms with E-state index in [1.807, 2.05) is 36.4 Å². The van der Waals surface area contributed by atoms with Crippen LogP contribution in [0.15, 0.2) is 36.9 Å². The summed E-state index contributed by atoms with van der Waals surface area (Å²) in [6.07, 6.45) is 9.44. The van der Waals surface area contributed by atoms with Crippen LogP contribution in [0.1, 0.15) is 17.5 Å². The highest BCUT2D eigenvalue weighted by atomic mass is 16.5. The largest absolute Gasteiger partial charge is 0.375 e. The van der Waals surface area contributed by atoms with E-state index in [1.54, 1.807) is 0 Å². The molecule has 0 bridgehead atoms. The van der Waals surface area contributed by atoms with Crippen LogP contribution in [-0.4, -0.2) is 63.5 Å².